The standard InChI is InChI=1S/C33H30F3N3O2/c1-22-6-2-5-9-30(22)38-32(41)39-20-18-24(19-21-39)23-12-16-27(17-13-23)37-31(40)29-8-4-3-7-28(29)25-10-14-26(15-11-25)33(34,35)36/h2-17,24H,18-21H2,1H3,(H,37,40)(H,38,41). The molecule has 1 saturated heterocycles. The Kier molecular flexibility index (Phi) is 8.10. The lowest BCUT2D eigenvalue weighted by Gasteiger charge is -2.32. The molecule has 1 aliphatic heterocycles. The number of hydrogen-bond acceptors (Lipinski definition) is 2. The minimum Gasteiger partial charge on any atom is -0.324 e. The van der Waals surface area contributed by atoms with Crippen LogP contribution in [0.3, 0.4) is 0 Å². The lowest BCUT2D eigenvalue weighted by atomic mass is 9.89. The number of urea groups is 1. The fraction of sp³-hybridized carbons (Fsp3) is 0.212. The van der Waals surface area contributed by atoms with E-state index in [2.05, 4.69) is 10.6 Å². The third kappa shape index (κ3) is 6.60. The Morgan fingerprint density at radius 2 is 1.41 bits per heavy atom. The minimum atomic E-state index is -4.42. The Morgan fingerprint density at radius 3 is 2.07 bits per heavy atom. The predicted octanol–water partition coefficient (Wildman–Crippen LogP) is 8.34. The molecule has 0 aromatic heterocycles. The number of alkyl halides is 3. The van der Waals surface area contributed by atoms with E-state index in [0.717, 1.165) is 41.8 Å². The number of carbonyl (C=O) groups excluding carboxylic acids is 2. The zero-order valence-corrected chi connectivity index (χ0v) is 22.5. The van der Waals surface area contributed by atoms with Crippen LogP contribution in [0.25, 0.3) is 11.1 Å². The quantitative estimate of drug-likeness (QED) is 0.259. The van der Waals surface area contributed by atoms with E-state index in [4.69, 9.17) is 0 Å². The maximum atomic E-state index is 13.1. The molecule has 210 valence electrons. The Morgan fingerprint density at radius 1 is 0.780 bits per heavy atom. The molecule has 1 fully saturated rings. The first-order valence-corrected chi connectivity index (χ1v) is 13.5. The van der Waals surface area contributed by atoms with E-state index >= 15 is 0 Å². The number of likely N-dealkylation sites (tertiary alicyclic amines) is 1. The van der Waals surface area contributed by atoms with Gasteiger partial charge in [0.05, 0.1) is 5.56 Å². The van der Waals surface area contributed by atoms with Crippen molar-refractivity contribution in [3.8, 4) is 11.1 Å². The Balaban J connectivity index is 1.19. The van der Waals surface area contributed by atoms with E-state index in [-0.39, 0.29) is 11.9 Å². The number of halogens is 3. The van der Waals surface area contributed by atoms with E-state index in [1.165, 1.54) is 12.1 Å². The van der Waals surface area contributed by atoms with Gasteiger partial charge in [-0.3, -0.25) is 4.79 Å². The van der Waals surface area contributed by atoms with Gasteiger partial charge in [-0.25, -0.2) is 4.79 Å². The lowest BCUT2D eigenvalue weighted by Crippen LogP contribution is -2.40. The number of carbonyl (C=O) groups is 2. The van der Waals surface area contributed by atoms with Crippen LogP contribution in [-0.4, -0.2) is 29.9 Å². The number of para-hydroxylation sites is 1. The van der Waals surface area contributed by atoms with Crippen LogP contribution in [0.15, 0.2) is 97.1 Å². The highest BCUT2D eigenvalue weighted by Gasteiger charge is 2.30. The monoisotopic (exact) mass is 557 g/mol. The van der Waals surface area contributed by atoms with Gasteiger partial charge in [-0.05, 0) is 84.3 Å². The number of anilines is 2. The van der Waals surface area contributed by atoms with E-state index in [1.807, 2.05) is 60.4 Å². The van der Waals surface area contributed by atoms with Gasteiger partial charge in [0.2, 0.25) is 0 Å². The average Bonchev–Trinajstić information content (AvgIpc) is 2.98. The van der Waals surface area contributed by atoms with Crippen molar-refractivity contribution < 1.29 is 22.8 Å². The first-order valence-electron chi connectivity index (χ1n) is 13.5. The zero-order chi connectivity index (χ0) is 29.0. The molecule has 5 rings (SSSR count). The molecule has 4 aromatic carbocycles. The summed E-state index contributed by atoms with van der Waals surface area (Å²) in [4.78, 5) is 27.7. The molecule has 1 heterocycles. The zero-order valence-electron chi connectivity index (χ0n) is 22.5. The van der Waals surface area contributed by atoms with Crippen LogP contribution in [0, 0.1) is 6.92 Å². The van der Waals surface area contributed by atoms with Crippen molar-refractivity contribution in [1.29, 1.82) is 0 Å². The summed E-state index contributed by atoms with van der Waals surface area (Å²) in [6.45, 7) is 3.27. The second-order valence-electron chi connectivity index (χ2n) is 10.2. The van der Waals surface area contributed by atoms with Gasteiger partial charge in [0, 0.05) is 30.0 Å². The number of rotatable bonds is 5. The average molecular weight is 558 g/mol. The molecular weight excluding hydrogens is 527 g/mol. The molecule has 41 heavy (non-hydrogen) atoms. The van der Waals surface area contributed by atoms with Gasteiger partial charge < -0.3 is 15.5 Å². The van der Waals surface area contributed by atoms with Crippen LogP contribution in [0.1, 0.15) is 45.8 Å². The van der Waals surface area contributed by atoms with Crippen LogP contribution in [0.4, 0.5) is 29.3 Å². The van der Waals surface area contributed by atoms with Crippen molar-refractivity contribution in [3.05, 3.63) is 119 Å². The number of amides is 3. The van der Waals surface area contributed by atoms with Crippen molar-refractivity contribution in [3.63, 3.8) is 0 Å². The summed E-state index contributed by atoms with van der Waals surface area (Å²) in [7, 11) is 0. The van der Waals surface area contributed by atoms with E-state index < -0.39 is 11.7 Å². The summed E-state index contributed by atoms with van der Waals surface area (Å²) < 4.78 is 38.9. The molecule has 0 spiro atoms. The highest BCUT2D eigenvalue weighted by Crippen LogP contribution is 2.33. The van der Waals surface area contributed by atoms with Gasteiger partial charge in [0.1, 0.15) is 0 Å². The molecule has 3 amide bonds. The molecule has 0 radical (unpaired) electrons. The highest BCUT2D eigenvalue weighted by molar-refractivity contribution is 6.08. The van der Waals surface area contributed by atoms with Crippen molar-refractivity contribution in [1.82, 2.24) is 4.90 Å². The van der Waals surface area contributed by atoms with Crippen LogP contribution < -0.4 is 10.6 Å². The Bertz CT molecular complexity index is 1520. The van der Waals surface area contributed by atoms with Gasteiger partial charge in [-0.2, -0.15) is 13.2 Å². The maximum absolute atomic E-state index is 13.1. The second kappa shape index (κ2) is 11.9. The van der Waals surface area contributed by atoms with Crippen LogP contribution in [-0.2, 0) is 6.18 Å². The van der Waals surface area contributed by atoms with Crippen molar-refractivity contribution in [2.75, 3.05) is 23.7 Å². The van der Waals surface area contributed by atoms with Gasteiger partial charge >= 0.3 is 12.2 Å². The molecular formula is C33H30F3N3O2. The number of nitrogens with zero attached hydrogens (tertiary/aromatic N) is 1. The molecule has 0 bridgehead atoms. The summed E-state index contributed by atoms with van der Waals surface area (Å²) >= 11 is 0. The van der Waals surface area contributed by atoms with Gasteiger partial charge in [0.25, 0.3) is 5.91 Å². The third-order valence-corrected chi connectivity index (χ3v) is 7.50. The fourth-order valence-corrected chi connectivity index (χ4v) is 5.13. The van der Waals surface area contributed by atoms with E-state index in [9.17, 15) is 22.8 Å². The molecule has 0 unspecified atom stereocenters. The van der Waals surface area contributed by atoms with Gasteiger partial charge in [-0.15, -0.1) is 0 Å². The van der Waals surface area contributed by atoms with E-state index in [0.29, 0.717) is 41.4 Å². The predicted molar refractivity (Wildman–Crippen MR) is 155 cm³/mol. The summed E-state index contributed by atoms with van der Waals surface area (Å²) in [5.74, 6) is -0.0381. The lowest BCUT2D eigenvalue weighted by molar-refractivity contribution is -0.137. The van der Waals surface area contributed by atoms with Crippen LogP contribution in [0.2, 0.25) is 0 Å². The second-order valence-corrected chi connectivity index (χ2v) is 10.2. The van der Waals surface area contributed by atoms with Gasteiger partial charge in [-0.1, -0.05) is 60.7 Å². The van der Waals surface area contributed by atoms with Gasteiger partial charge in [0.15, 0.2) is 0 Å². The Hall–Kier alpha value is -4.59. The number of benzene rings is 4. The van der Waals surface area contributed by atoms with Crippen molar-refractivity contribution in [2.24, 2.45) is 0 Å². The topological polar surface area (TPSA) is 61.4 Å². The largest absolute Gasteiger partial charge is 0.416 e. The minimum absolute atomic E-state index is 0.0904. The van der Waals surface area contributed by atoms with E-state index in [1.54, 1.807) is 24.3 Å². The molecule has 0 atom stereocenters. The Labute approximate surface area is 237 Å². The summed E-state index contributed by atoms with van der Waals surface area (Å²) in [6, 6.07) is 26.9. The first kappa shape index (κ1) is 28.0. The highest BCUT2D eigenvalue weighted by atomic mass is 19.4. The number of piperidine rings is 1. The SMILES string of the molecule is Cc1ccccc1NC(=O)N1CCC(c2ccc(NC(=O)c3ccccc3-c3ccc(C(F)(F)F)cc3)cc2)CC1. The molecule has 8 heteroatoms. The van der Waals surface area contributed by atoms with Crippen molar-refractivity contribution in [2.45, 2.75) is 31.9 Å². The smallest absolute Gasteiger partial charge is 0.324 e. The number of nitrogens with one attached hydrogen (secondary N) is 2. The molecule has 5 nitrogen and oxygen atoms in total. The maximum Gasteiger partial charge on any atom is 0.416 e. The molecule has 0 saturated carbocycles. The molecule has 0 aliphatic carbocycles. The van der Waals surface area contributed by atoms with Crippen LogP contribution in [0.5, 0.6) is 0 Å². The van der Waals surface area contributed by atoms with Crippen LogP contribution >= 0.6 is 0 Å². The fourth-order valence-electron chi connectivity index (χ4n) is 5.13. The van der Waals surface area contributed by atoms with Crippen molar-refractivity contribution >= 4 is 23.3 Å². The molecule has 1 aliphatic rings. The summed E-state index contributed by atoms with van der Waals surface area (Å²) in [6.07, 6.45) is -2.74. The first-order chi connectivity index (χ1) is 19.7. The number of aryl methyl sites for hydroxylation is 1. The third-order valence-electron chi connectivity index (χ3n) is 7.50. The molecule has 4 aromatic rings. The molecule has 2 N–H and O–H groups in total. The number of hydrogen-bond donors (Lipinski definition) is 2. The summed E-state index contributed by atoms with van der Waals surface area (Å²) in [5, 5.41) is 5.90. The normalized spacial score (nSPS) is 14.0. The summed E-state index contributed by atoms with van der Waals surface area (Å²) in [5.41, 5.74) is 4.31.